The van der Waals surface area contributed by atoms with Crippen molar-refractivity contribution in [1.29, 1.82) is 0 Å². The summed E-state index contributed by atoms with van der Waals surface area (Å²) in [6.07, 6.45) is 1.62. The quantitative estimate of drug-likeness (QED) is 0.737. The van der Waals surface area contributed by atoms with E-state index >= 15 is 0 Å². The maximum atomic E-state index is 12.2. The molecule has 0 aromatic carbocycles. The third kappa shape index (κ3) is 4.31. The monoisotopic (exact) mass is 308 g/mol. The van der Waals surface area contributed by atoms with Gasteiger partial charge in [-0.1, -0.05) is 0 Å². The van der Waals surface area contributed by atoms with E-state index in [1.54, 1.807) is 4.90 Å². The Balaban J connectivity index is 1.87. The van der Waals surface area contributed by atoms with Crippen LogP contribution in [0.15, 0.2) is 21.7 Å². The second-order valence-electron chi connectivity index (χ2n) is 5.50. The molecule has 0 atom stereocenters. The second kappa shape index (κ2) is 7.06. The minimum atomic E-state index is -0.415. The van der Waals surface area contributed by atoms with Gasteiger partial charge in [-0.25, -0.2) is 4.68 Å². The Kier molecular flexibility index (Phi) is 5.13. The SMILES string of the molecule is CC(=O)NCC1CCN(C(=O)Cn2[nH]c(=O)ccc2=O)CC1. The van der Waals surface area contributed by atoms with Gasteiger partial charge in [-0.15, -0.1) is 0 Å². The number of piperidine rings is 1. The van der Waals surface area contributed by atoms with Crippen LogP contribution in [0.2, 0.25) is 0 Å². The number of carbonyl (C=O) groups is 2. The highest BCUT2D eigenvalue weighted by atomic mass is 16.2. The van der Waals surface area contributed by atoms with Gasteiger partial charge >= 0.3 is 0 Å². The normalized spacial score (nSPS) is 15.6. The Morgan fingerprint density at radius 3 is 2.59 bits per heavy atom. The molecule has 1 aromatic rings. The maximum absolute atomic E-state index is 12.2. The van der Waals surface area contributed by atoms with Gasteiger partial charge in [0.05, 0.1) is 0 Å². The first-order valence-corrected chi connectivity index (χ1v) is 7.28. The van der Waals surface area contributed by atoms with Gasteiger partial charge in [-0.2, -0.15) is 0 Å². The predicted octanol–water partition coefficient (Wildman–Crippen LogP) is -1.09. The van der Waals surface area contributed by atoms with Crippen molar-refractivity contribution in [1.82, 2.24) is 20.0 Å². The van der Waals surface area contributed by atoms with E-state index in [0.29, 0.717) is 25.6 Å². The topological polar surface area (TPSA) is 104 Å². The highest BCUT2D eigenvalue weighted by Gasteiger charge is 2.23. The highest BCUT2D eigenvalue weighted by Crippen LogP contribution is 2.16. The molecular weight excluding hydrogens is 288 g/mol. The smallest absolute Gasteiger partial charge is 0.265 e. The molecule has 0 bridgehead atoms. The second-order valence-corrected chi connectivity index (χ2v) is 5.50. The lowest BCUT2D eigenvalue weighted by molar-refractivity contribution is -0.133. The summed E-state index contributed by atoms with van der Waals surface area (Å²) in [6, 6.07) is 2.28. The molecule has 2 amide bonds. The summed E-state index contributed by atoms with van der Waals surface area (Å²) in [5, 5.41) is 5.13. The number of likely N-dealkylation sites (tertiary alicyclic amines) is 1. The molecule has 1 aliphatic heterocycles. The fourth-order valence-electron chi connectivity index (χ4n) is 2.49. The van der Waals surface area contributed by atoms with Gasteiger partial charge in [0.25, 0.3) is 11.1 Å². The molecule has 0 spiro atoms. The van der Waals surface area contributed by atoms with Gasteiger partial charge < -0.3 is 10.2 Å². The third-order valence-corrected chi connectivity index (χ3v) is 3.79. The lowest BCUT2D eigenvalue weighted by atomic mass is 9.97. The Bertz CT molecular complexity index is 655. The van der Waals surface area contributed by atoms with Crippen molar-refractivity contribution in [3.8, 4) is 0 Å². The highest BCUT2D eigenvalue weighted by molar-refractivity contribution is 5.76. The number of H-pyrrole nitrogens is 1. The number of rotatable bonds is 4. The van der Waals surface area contributed by atoms with E-state index in [0.717, 1.165) is 29.7 Å². The molecule has 1 saturated heterocycles. The number of aromatic nitrogens is 2. The number of carbonyl (C=O) groups excluding carboxylic acids is 2. The van der Waals surface area contributed by atoms with Crippen molar-refractivity contribution in [3.63, 3.8) is 0 Å². The van der Waals surface area contributed by atoms with E-state index in [9.17, 15) is 19.2 Å². The van der Waals surface area contributed by atoms with E-state index in [-0.39, 0.29) is 18.4 Å². The predicted molar refractivity (Wildman–Crippen MR) is 79.3 cm³/mol. The number of nitrogens with zero attached hydrogens (tertiary/aromatic N) is 2. The van der Waals surface area contributed by atoms with E-state index in [2.05, 4.69) is 10.4 Å². The molecule has 120 valence electrons. The Morgan fingerprint density at radius 1 is 1.27 bits per heavy atom. The van der Waals surface area contributed by atoms with Crippen molar-refractivity contribution in [2.75, 3.05) is 19.6 Å². The molecule has 2 rings (SSSR count). The number of nitrogens with one attached hydrogen (secondary N) is 2. The van der Waals surface area contributed by atoms with Gasteiger partial charge in [0.1, 0.15) is 6.54 Å². The van der Waals surface area contributed by atoms with Gasteiger partial charge in [-0.3, -0.25) is 24.3 Å². The summed E-state index contributed by atoms with van der Waals surface area (Å²) in [7, 11) is 0. The van der Waals surface area contributed by atoms with E-state index in [1.165, 1.54) is 6.92 Å². The zero-order chi connectivity index (χ0) is 16.1. The van der Waals surface area contributed by atoms with Crippen LogP contribution in [0.25, 0.3) is 0 Å². The summed E-state index contributed by atoms with van der Waals surface area (Å²) in [6.45, 7) is 3.13. The molecular formula is C14H20N4O4. The number of hydrogen-bond acceptors (Lipinski definition) is 4. The molecule has 1 fully saturated rings. The number of amides is 2. The summed E-state index contributed by atoms with van der Waals surface area (Å²) < 4.78 is 1.02. The zero-order valence-corrected chi connectivity index (χ0v) is 12.5. The van der Waals surface area contributed by atoms with Crippen LogP contribution in [0.4, 0.5) is 0 Å². The number of aromatic amines is 1. The van der Waals surface area contributed by atoms with Crippen LogP contribution in [-0.4, -0.2) is 46.1 Å². The molecule has 8 heteroatoms. The van der Waals surface area contributed by atoms with Crippen molar-refractivity contribution < 1.29 is 9.59 Å². The molecule has 0 unspecified atom stereocenters. The number of hydrogen-bond donors (Lipinski definition) is 2. The Hall–Kier alpha value is -2.38. The van der Waals surface area contributed by atoms with Gasteiger partial charge in [-0.05, 0) is 18.8 Å². The molecule has 0 radical (unpaired) electrons. The molecule has 0 saturated carbocycles. The average molecular weight is 308 g/mol. The first-order valence-electron chi connectivity index (χ1n) is 7.28. The summed E-state index contributed by atoms with van der Waals surface area (Å²) in [5.41, 5.74) is -0.824. The first kappa shape index (κ1) is 16.0. The molecule has 1 aliphatic rings. The minimum absolute atomic E-state index is 0.0501. The third-order valence-electron chi connectivity index (χ3n) is 3.79. The van der Waals surface area contributed by atoms with Crippen LogP contribution in [0.5, 0.6) is 0 Å². The van der Waals surface area contributed by atoms with E-state index in [1.807, 2.05) is 0 Å². The molecule has 8 nitrogen and oxygen atoms in total. The summed E-state index contributed by atoms with van der Waals surface area (Å²) >= 11 is 0. The Morgan fingerprint density at radius 2 is 1.95 bits per heavy atom. The first-order chi connectivity index (χ1) is 10.5. The standard InChI is InChI=1S/C14H20N4O4/c1-10(19)15-8-11-4-6-17(7-5-11)14(22)9-18-13(21)3-2-12(20)16-18/h2-3,11H,4-9H2,1H3,(H,15,19)(H,16,20). The van der Waals surface area contributed by atoms with E-state index < -0.39 is 11.1 Å². The fourth-order valence-corrected chi connectivity index (χ4v) is 2.49. The lowest BCUT2D eigenvalue weighted by Crippen LogP contribution is -2.44. The molecule has 1 aromatic heterocycles. The van der Waals surface area contributed by atoms with E-state index in [4.69, 9.17) is 0 Å². The van der Waals surface area contributed by atoms with Crippen molar-refractivity contribution in [2.45, 2.75) is 26.3 Å². The fraction of sp³-hybridized carbons (Fsp3) is 0.571. The molecule has 22 heavy (non-hydrogen) atoms. The Labute approximate surface area is 127 Å². The molecule has 0 aliphatic carbocycles. The van der Waals surface area contributed by atoms with Gasteiger partial charge in [0.2, 0.25) is 11.8 Å². The van der Waals surface area contributed by atoms with Crippen molar-refractivity contribution >= 4 is 11.8 Å². The van der Waals surface area contributed by atoms with Crippen LogP contribution in [-0.2, 0) is 16.1 Å². The summed E-state index contributed by atoms with van der Waals surface area (Å²) in [4.78, 5) is 47.5. The summed E-state index contributed by atoms with van der Waals surface area (Å²) in [5.74, 6) is 0.125. The maximum Gasteiger partial charge on any atom is 0.265 e. The van der Waals surface area contributed by atoms with Crippen LogP contribution in [0, 0.1) is 5.92 Å². The average Bonchev–Trinajstić information content (AvgIpc) is 2.49. The van der Waals surface area contributed by atoms with Gasteiger partial charge in [0.15, 0.2) is 0 Å². The molecule has 2 N–H and O–H groups in total. The van der Waals surface area contributed by atoms with Crippen LogP contribution in [0.3, 0.4) is 0 Å². The lowest BCUT2D eigenvalue weighted by Gasteiger charge is -2.32. The van der Waals surface area contributed by atoms with Crippen LogP contribution in [0.1, 0.15) is 19.8 Å². The largest absolute Gasteiger partial charge is 0.356 e. The van der Waals surface area contributed by atoms with Gasteiger partial charge in [0, 0.05) is 38.7 Å². The van der Waals surface area contributed by atoms with Crippen LogP contribution >= 0.6 is 0 Å². The minimum Gasteiger partial charge on any atom is -0.356 e. The van der Waals surface area contributed by atoms with Crippen LogP contribution < -0.4 is 16.4 Å². The van der Waals surface area contributed by atoms with Crippen molar-refractivity contribution in [3.05, 3.63) is 32.8 Å². The molecule has 2 heterocycles. The zero-order valence-electron chi connectivity index (χ0n) is 12.5. The van der Waals surface area contributed by atoms with Crippen molar-refractivity contribution in [2.24, 2.45) is 5.92 Å².